The number of benzene rings is 1. The molecule has 1 fully saturated rings. The number of piperazine rings is 1. The van der Waals surface area contributed by atoms with Gasteiger partial charge in [0.15, 0.2) is 0 Å². The van der Waals surface area contributed by atoms with Gasteiger partial charge in [-0.1, -0.05) is 5.16 Å². The van der Waals surface area contributed by atoms with Crippen molar-refractivity contribution in [1.29, 1.82) is 0 Å². The summed E-state index contributed by atoms with van der Waals surface area (Å²) in [5.74, 6) is 2.75. The summed E-state index contributed by atoms with van der Waals surface area (Å²) in [6.45, 7) is 8.47. The first kappa shape index (κ1) is 19.9. The van der Waals surface area contributed by atoms with Gasteiger partial charge in [0, 0.05) is 50.4 Å². The average molecular weight is 407 g/mol. The summed E-state index contributed by atoms with van der Waals surface area (Å²) in [5.41, 5.74) is 1.49. The van der Waals surface area contributed by atoms with Crippen molar-refractivity contribution >= 4 is 11.7 Å². The average Bonchev–Trinajstić information content (AvgIpc) is 3.20. The molecule has 8 heteroatoms. The van der Waals surface area contributed by atoms with Crippen LogP contribution in [0, 0.1) is 6.92 Å². The van der Waals surface area contributed by atoms with Gasteiger partial charge in [-0.05, 0) is 50.2 Å². The number of aromatic nitrogens is 3. The second-order valence-corrected chi connectivity index (χ2v) is 7.51. The summed E-state index contributed by atoms with van der Waals surface area (Å²) >= 11 is 0. The van der Waals surface area contributed by atoms with Crippen LogP contribution in [0.4, 0.5) is 5.82 Å². The number of ether oxygens (including phenoxy) is 1. The van der Waals surface area contributed by atoms with Gasteiger partial charge in [0.05, 0.1) is 6.10 Å². The lowest BCUT2D eigenvalue weighted by atomic mass is 10.1. The van der Waals surface area contributed by atoms with Crippen molar-refractivity contribution in [1.82, 2.24) is 20.0 Å². The first-order valence-electron chi connectivity index (χ1n) is 10.1. The summed E-state index contributed by atoms with van der Waals surface area (Å²) in [5, 5.41) is 3.91. The summed E-state index contributed by atoms with van der Waals surface area (Å²) in [4.78, 5) is 25.6. The summed E-state index contributed by atoms with van der Waals surface area (Å²) in [7, 11) is 0. The third-order valence-corrected chi connectivity index (χ3v) is 4.90. The smallest absolute Gasteiger partial charge is 0.253 e. The molecule has 2 aromatic heterocycles. The number of rotatable bonds is 5. The quantitative estimate of drug-likeness (QED) is 0.642. The van der Waals surface area contributed by atoms with Crippen molar-refractivity contribution in [2.24, 2.45) is 0 Å². The maximum Gasteiger partial charge on any atom is 0.253 e. The second kappa shape index (κ2) is 8.52. The van der Waals surface area contributed by atoms with Crippen LogP contribution in [-0.2, 0) is 0 Å². The molecule has 0 N–H and O–H groups in total. The number of carbonyl (C=O) groups is 1. The Morgan fingerprint density at radius 2 is 1.80 bits per heavy atom. The molecular weight excluding hydrogens is 382 g/mol. The predicted molar refractivity (Wildman–Crippen MR) is 113 cm³/mol. The van der Waals surface area contributed by atoms with Crippen molar-refractivity contribution in [2.75, 3.05) is 31.1 Å². The highest BCUT2D eigenvalue weighted by Crippen LogP contribution is 2.20. The Balaban J connectivity index is 1.34. The normalized spacial score (nSPS) is 14.3. The fourth-order valence-corrected chi connectivity index (χ4v) is 3.39. The number of anilines is 1. The summed E-state index contributed by atoms with van der Waals surface area (Å²) in [6, 6.07) is 11.2. The fraction of sp³-hybridized carbons (Fsp3) is 0.364. The van der Waals surface area contributed by atoms with Crippen LogP contribution in [0.2, 0.25) is 0 Å². The molecule has 1 aromatic carbocycles. The minimum Gasteiger partial charge on any atom is -0.491 e. The van der Waals surface area contributed by atoms with E-state index in [-0.39, 0.29) is 12.0 Å². The van der Waals surface area contributed by atoms with Crippen LogP contribution in [-0.4, -0.2) is 58.2 Å². The van der Waals surface area contributed by atoms with Crippen LogP contribution in [0.25, 0.3) is 11.4 Å². The van der Waals surface area contributed by atoms with E-state index in [0.29, 0.717) is 30.4 Å². The molecule has 0 radical (unpaired) electrons. The Labute approximate surface area is 175 Å². The lowest BCUT2D eigenvalue weighted by molar-refractivity contribution is 0.0746. The number of hydrogen-bond donors (Lipinski definition) is 0. The number of amides is 1. The molecule has 0 aliphatic carbocycles. The fourth-order valence-electron chi connectivity index (χ4n) is 3.39. The van der Waals surface area contributed by atoms with Crippen LogP contribution in [0.15, 0.2) is 47.1 Å². The van der Waals surface area contributed by atoms with Crippen LogP contribution >= 0.6 is 0 Å². The zero-order valence-electron chi connectivity index (χ0n) is 17.4. The van der Waals surface area contributed by atoms with E-state index in [9.17, 15) is 4.79 Å². The third kappa shape index (κ3) is 4.42. The second-order valence-electron chi connectivity index (χ2n) is 7.51. The molecule has 8 nitrogen and oxygen atoms in total. The molecule has 4 rings (SSSR count). The molecular formula is C22H25N5O3. The van der Waals surface area contributed by atoms with Crippen molar-refractivity contribution in [2.45, 2.75) is 26.9 Å². The Hall–Kier alpha value is -3.42. The SMILES string of the molecule is Cc1nc(-c2ccc(N3CCN(C(=O)c4ccc(OC(C)C)cc4)CC3)nc2)no1. The van der Waals surface area contributed by atoms with Gasteiger partial charge < -0.3 is 19.1 Å². The topological polar surface area (TPSA) is 84.6 Å². The van der Waals surface area contributed by atoms with Gasteiger partial charge >= 0.3 is 0 Å². The lowest BCUT2D eigenvalue weighted by Gasteiger charge is -2.35. The summed E-state index contributed by atoms with van der Waals surface area (Å²) < 4.78 is 10.7. The molecule has 1 aliphatic rings. The van der Waals surface area contributed by atoms with E-state index in [2.05, 4.69) is 20.0 Å². The number of pyridine rings is 1. The molecule has 0 bridgehead atoms. The van der Waals surface area contributed by atoms with E-state index in [4.69, 9.17) is 9.26 Å². The Morgan fingerprint density at radius 1 is 1.07 bits per heavy atom. The van der Waals surface area contributed by atoms with Gasteiger partial charge in [0.25, 0.3) is 5.91 Å². The minimum atomic E-state index is 0.0431. The molecule has 30 heavy (non-hydrogen) atoms. The van der Waals surface area contributed by atoms with Gasteiger partial charge in [-0.3, -0.25) is 4.79 Å². The van der Waals surface area contributed by atoms with Crippen molar-refractivity contribution in [3.8, 4) is 17.1 Å². The Bertz CT molecular complexity index is 990. The van der Waals surface area contributed by atoms with Crippen LogP contribution in [0.1, 0.15) is 30.1 Å². The monoisotopic (exact) mass is 407 g/mol. The Kier molecular flexibility index (Phi) is 5.65. The summed E-state index contributed by atoms with van der Waals surface area (Å²) in [6.07, 6.45) is 1.86. The van der Waals surface area contributed by atoms with Gasteiger partial charge in [-0.2, -0.15) is 4.98 Å². The molecule has 1 amide bonds. The molecule has 156 valence electrons. The van der Waals surface area contributed by atoms with E-state index in [1.807, 2.05) is 55.1 Å². The van der Waals surface area contributed by atoms with E-state index in [1.165, 1.54) is 0 Å². The Morgan fingerprint density at radius 3 is 2.37 bits per heavy atom. The molecule has 0 atom stereocenters. The van der Waals surface area contributed by atoms with Gasteiger partial charge in [0.1, 0.15) is 11.6 Å². The molecule has 1 aliphatic heterocycles. The first-order chi connectivity index (χ1) is 14.5. The molecule has 3 aromatic rings. The minimum absolute atomic E-state index is 0.0431. The highest BCUT2D eigenvalue weighted by Gasteiger charge is 2.23. The largest absolute Gasteiger partial charge is 0.491 e. The zero-order chi connectivity index (χ0) is 21.1. The standard InChI is InChI=1S/C22H25N5O3/c1-15(2)29-19-7-4-17(5-8-19)22(28)27-12-10-26(11-13-27)20-9-6-18(14-23-20)21-24-16(3)30-25-21/h4-9,14-15H,10-13H2,1-3H3. The molecule has 0 saturated carbocycles. The molecule has 3 heterocycles. The van der Waals surface area contributed by atoms with E-state index in [0.717, 1.165) is 30.2 Å². The number of nitrogens with zero attached hydrogens (tertiary/aromatic N) is 5. The van der Waals surface area contributed by atoms with Crippen molar-refractivity contribution in [3.05, 3.63) is 54.0 Å². The molecule has 1 saturated heterocycles. The maximum absolute atomic E-state index is 12.8. The van der Waals surface area contributed by atoms with Crippen molar-refractivity contribution < 1.29 is 14.1 Å². The maximum atomic E-state index is 12.8. The van der Waals surface area contributed by atoms with E-state index >= 15 is 0 Å². The van der Waals surface area contributed by atoms with Gasteiger partial charge in [-0.15, -0.1) is 0 Å². The third-order valence-electron chi connectivity index (χ3n) is 4.90. The number of hydrogen-bond acceptors (Lipinski definition) is 7. The number of carbonyl (C=O) groups excluding carboxylic acids is 1. The van der Waals surface area contributed by atoms with Crippen molar-refractivity contribution in [3.63, 3.8) is 0 Å². The zero-order valence-corrected chi connectivity index (χ0v) is 17.4. The van der Waals surface area contributed by atoms with Crippen LogP contribution < -0.4 is 9.64 Å². The number of aryl methyl sites for hydroxylation is 1. The molecule has 0 unspecified atom stereocenters. The first-order valence-corrected chi connectivity index (χ1v) is 10.1. The predicted octanol–water partition coefficient (Wildman–Crippen LogP) is 3.19. The van der Waals surface area contributed by atoms with E-state index in [1.54, 1.807) is 13.1 Å². The van der Waals surface area contributed by atoms with E-state index < -0.39 is 0 Å². The molecule has 0 spiro atoms. The van der Waals surface area contributed by atoms with Gasteiger partial charge in [-0.25, -0.2) is 4.98 Å². The lowest BCUT2D eigenvalue weighted by Crippen LogP contribution is -2.49. The highest BCUT2D eigenvalue weighted by atomic mass is 16.5. The van der Waals surface area contributed by atoms with Crippen LogP contribution in [0.3, 0.4) is 0 Å². The highest BCUT2D eigenvalue weighted by molar-refractivity contribution is 5.94. The van der Waals surface area contributed by atoms with Crippen LogP contribution in [0.5, 0.6) is 5.75 Å². The van der Waals surface area contributed by atoms with Gasteiger partial charge in [0.2, 0.25) is 11.7 Å².